The van der Waals surface area contributed by atoms with E-state index in [0.717, 1.165) is 0 Å². The number of ether oxygens (including phenoxy) is 2. The van der Waals surface area contributed by atoms with Crippen LogP contribution in [0.3, 0.4) is 0 Å². The zero-order valence-electron chi connectivity index (χ0n) is 21.7. The van der Waals surface area contributed by atoms with Crippen LogP contribution in [0.15, 0.2) is 0 Å². The molecule has 0 saturated carbocycles. The molecule has 0 bridgehead atoms. The Labute approximate surface area is 230 Å². The summed E-state index contributed by atoms with van der Waals surface area (Å²) in [4.78, 5) is 49.3. The van der Waals surface area contributed by atoms with Crippen LogP contribution in [0.1, 0.15) is 20.3 Å². The van der Waals surface area contributed by atoms with Crippen LogP contribution in [0, 0.1) is 0 Å². The normalized spacial score (nSPS) is 16.1. The Morgan fingerprint density at radius 2 is 1.47 bits per heavy atom. The predicted octanol–water partition coefficient (Wildman–Crippen LogP) is -3.06. The Kier molecular flexibility index (Phi) is 19.6. The number of carbonyl (C=O) groups excluding carboxylic acids is 3. The lowest BCUT2D eigenvalue weighted by molar-refractivity contribution is -0.191. The van der Waals surface area contributed by atoms with Crippen molar-refractivity contribution in [2.75, 3.05) is 62.5 Å². The molecule has 0 fully saturated rings. The van der Waals surface area contributed by atoms with Crippen molar-refractivity contribution in [2.45, 2.75) is 50.2 Å². The van der Waals surface area contributed by atoms with E-state index in [1.807, 2.05) is 13.8 Å². The van der Waals surface area contributed by atoms with E-state index < -0.39 is 66.5 Å². The van der Waals surface area contributed by atoms with Gasteiger partial charge in [0.05, 0.1) is 36.9 Å². The third-order valence-corrected chi connectivity index (χ3v) is 6.94. The maximum absolute atomic E-state index is 12.9. The summed E-state index contributed by atoms with van der Waals surface area (Å²) in [6, 6.07) is -1.16. The number of hydrogen-bond acceptors (Lipinski definition) is 13. The number of carbonyl (C=O) groups is 4. The molecule has 0 aliphatic rings. The van der Waals surface area contributed by atoms with Crippen LogP contribution in [-0.2, 0) is 28.7 Å². The van der Waals surface area contributed by atoms with Crippen LogP contribution in [0.25, 0.3) is 0 Å². The number of aliphatic hydroxyl groups excluding tert-OH is 3. The molecule has 0 aromatic heterocycles. The van der Waals surface area contributed by atoms with Gasteiger partial charge in [0.25, 0.3) is 0 Å². The molecular formula is C22H41N3O11S2. The fourth-order valence-electron chi connectivity index (χ4n) is 2.97. The van der Waals surface area contributed by atoms with Crippen LogP contribution in [0.4, 0.5) is 0 Å². The van der Waals surface area contributed by atoms with Crippen molar-refractivity contribution in [1.82, 2.24) is 10.6 Å². The Balaban J connectivity index is 5.39. The topological polar surface area (TPSA) is 238 Å². The van der Waals surface area contributed by atoms with Gasteiger partial charge in [-0.15, -0.1) is 23.5 Å². The maximum Gasteiger partial charge on any atom is 0.346 e. The second-order valence-electron chi connectivity index (χ2n) is 8.00. The average molecular weight is 588 g/mol. The summed E-state index contributed by atoms with van der Waals surface area (Å²) in [7, 11) is 0. The zero-order chi connectivity index (χ0) is 29.1. The van der Waals surface area contributed by atoms with E-state index >= 15 is 0 Å². The summed E-state index contributed by atoms with van der Waals surface area (Å²) in [6.07, 6.45) is -7.54. The van der Waals surface area contributed by atoms with Gasteiger partial charge in [-0.05, 0) is 13.8 Å². The maximum atomic E-state index is 12.9. The van der Waals surface area contributed by atoms with Gasteiger partial charge in [0.1, 0.15) is 12.2 Å². The number of aliphatic hydroxyl groups is 4. The van der Waals surface area contributed by atoms with E-state index in [2.05, 4.69) is 10.6 Å². The van der Waals surface area contributed by atoms with Crippen LogP contribution >= 0.6 is 23.5 Å². The summed E-state index contributed by atoms with van der Waals surface area (Å²) in [6.45, 7) is 4.76. The summed E-state index contributed by atoms with van der Waals surface area (Å²) in [5, 5.41) is 55.0. The number of carboxylic acids is 1. The molecule has 16 heteroatoms. The number of nitrogens with two attached hydrogens (primary N) is 1. The molecule has 222 valence electrons. The molecule has 0 radical (unpaired) electrons. The van der Waals surface area contributed by atoms with Crippen LogP contribution < -0.4 is 16.4 Å². The highest BCUT2D eigenvalue weighted by molar-refractivity contribution is 8.00. The summed E-state index contributed by atoms with van der Waals surface area (Å²) < 4.78 is 10.4. The lowest BCUT2D eigenvalue weighted by Gasteiger charge is -2.33. The molecule has 0 saturated heterocycles. The molecule has 14 nitrogen and oxygen atoms in total. The smallest absolute Gasteiger partial charge is 0.346 e. The SMILES string of the molecule is CCOCCSCC(=O)NCC(CC(=O)[C@](O)(C(=O)O)[C@@H](O)[C@H](O)[C@H](O)CN)NC(=O)CSCCOCC. The van der Waals surface area contributed by atoms with Crippen LogP contribution in [-0.4, -0.2) is 142 Å². The predicted molar refractivity (Wildman–Crippen MR) is 142 cm³/mol. The standard InChI is InChI=1S/C22H41N3O11S2/c1-3-35-5-7-37-12-17(28)24-11-14(25-18(29)13-38-8-6-36-4-2)9-16(27)22(34,21(32)33)20(31)19(30)15(26)10-23/h14-15,19-20,26,30-31,34H,3-13,23H2,1-2H3,(H,24,28)(H,25,29)(H,32,33)/t14?,15-,19-,20+,22-/m1/s1. The van der Waals surface area contributed by atoms with Gasteiger partial charge in [0, 0.05) is 44.2 Å². The van der Waals surface area contributed by atoms with E-state index in [-0.39, 0.29) is 18.1 Å². The zero-order valence-corrected chi connectivity index (χ0v) is 23.3. The molecule has 9 N–H and O–H groups in total. The molecule has 0 aliphatic heterocycles. The molecule has 0 spiro atoms. The second kappa shape index (κ2) is 20.4. The molecule has 0 aliphatic carbocycles. The number of aliphatic carboxylic acids is 1. The van der Waals surface area contributed by atoms with Gasteiger partial charge in [-0.1, -0.05) is 0 Å². The number of thioether (sulfide) groups is 2. The van der Waals surface area contributed by atoms with Gasteiger partial charge >= 0.3 is 5.97 Å². The van der Waals surface area contributed by atoms with Gasteiger partial charge in [0.2, 0.25) is 17.4 Å². The van der Waals surface area contributed by atoms with Crippen LogP contribution in [0.5, 0.6) is 0 Å². The van der Waals surface area contributed by atoms with Gasteiger partial charge in [-0.25, -0.2) is 4.79 Å². The first kappa shape index (κ1) is 36.5. The Hall–Kier alpha value is -1.50. The molecule has 0 rings (SSSR count). The lowest BCUT2D eigenvalue weighted by Crippen LogP contribution is -2.63. The lowest BCUT2D eigenvalue weighted by atomic mass is 9.84. The van der Waals surface area contributed by atoms with Crippen molar-refractivity contribution in [3.8, 4) is 0 Å². The first-order valence-electron chi connectivity index (χ1n) is 12.1. The van der Waals surface area contributed by atoms with Gasteiger partial charge < -0.3 is 51.4 Å². The Bertz CT molecular complexity index is 735. The van der Waals surface area contributed by atoms with E-state index in [1.165, 1.54) is 23.5 Å². The Morgan fingerprint density at radius 3 is 1.95 bits per heavy atom. The first-order chi connectivity index (χ1) is 17.9. The van der Waals surface area contributed by atoms with Crippen LogP contribution in [0.2, 0.25) is 0 Å². The number of rotatable bonds is 23. The third-order valence-electron chi connectivity index (χ3n) is 5.10. The molecule has 0 aromatic rings. The highest BCUT2D eigenvalue weighted by atomic mass is 32.2. The first-order valence-corrected chi connectivity index (χ1v) is 14.4. The molecule has 5 atom stereocenters. The number of Topliss-reactive ketones (excluding diaryl/α,β-unsaturated/α-hetero) is 1. The summed E-state index contributed by atoms with van der Waals surface area (Å²) in [5.74, 6) is -3.45. The molecule has 0 aromatic carbocycles. The van der Waals surface area contributed by atoms with E-state index in [4.69, 9.17) is 15.2 Å². The van der Waals surface area contributed by atoms with E-state index in [1.54, 1.807) is 0 Å². The summed E-state index contributed by atoms with van der Waals surface area (Å²) >= 11 is 2.55. The number of amides is 2. The largest absolute Gasteiger partial charge is 0.479 e. The average Bonchev–Trinajstić information content (AvgIpc) is 2.89. The van der Waals surface area contributed by atoms with Gasteiger partial charge in [-0.3, -0.25) is 14.4 Å². The second-order valence-corrected chi connectivity index (χ2v) is 10.2. The van der Waals surface area contributed by atoms with Gasteiger partial charge in [0.15, 0.2) is 5.78 Å². The number of hydrogen-bond donors (Lipinski definition) is 8. The molecular weight excluding hydrogens is 546 g/mol. The molecule has 1 unspecified atom stereocenters. The minimum Gasteiger partial charge on any atom is -0.479 e. The van der Waals surface area contributed by atoms with E-state index in [9.17, 15) is 44.7 Å². The highest BCUT2D eigenvalue weighted by Gasteiger charge is 2.54. The fourth-order valence-corrected chi connectivity index (χ4v) is 4.29. The van der Waals surface area contributed by atoms with Crippen molar-refractivity contribution in [3.63, 3.8) is 0 Å². The minimum absolute atomic E-state index is 0.0216. The van der Waals surface area contributed by atoms with Gasteiger partial charge in [-0.2, -0.15) is 0 Å². The monoisotopic (exact) mass is 587 g/mol. The van der Waals surface area contributed by atoms with E-state index in [0.29, 0.717) is 37.9 Å². The Morgan fingerprint density at radius 1 is 0.947 bits per heavy atom. The number of nitrogens with one attached hydrogen (secondary N) is 2. The van der Waals surface area contributed by atoms with Crippen molar-refractivity contribution >= 4 is 47.1 Å². The van der Waals surface area contributed by atoms with Crippen molar-refractivity contribution < 1.29 is 54.2 Å². The van der Waals surface area contributed by atoms with Crippen molar-refractivity contribution in [2.24, 2.45) is 5.73 Å². The third kappa shape index (κ3) is 13.5. The molecule has 0 heterocycles. The fraction of sp³-hybridized carbons (Fsp3) is 0.818. The van der Waals surface area contributed by atoms with Crippen molar-refractivity contribution in [1.29, 1.82) is 0 Å². The quantitative estimate of drug-likeness (QED) is 0.0438. The minimum atomic E-state index is -3.52. The van der Waals surface area contributed by atoms with Crippen molar-refractivity contribution in [3.05, 3.63) is 0 Å². The number of carboxylic acid groups (broad SMARTS) is 1. The molecule has 2 amide bonds. The highest BCUT2D eigenvalue weighted by Crippen LogP contribution is 2.21. The summed E-state index contributed by atoms with van der Waals surface area (Å²) in [5.41, 5.74) is 1.67. The number of ketones is 1. The molecule has 38 heavy (non-hydrogen) atoms.